The van der Waals surface area contributed by atoms with Crippen LogP contribution in [0.3, 0.4) is 0 Å². The van der Waals surface area contributed by atoms with Crippen molar-refractivity contribution in [1.82, 2.24) is 14.9 Å². The lowest BCUT2D eigenvalue weighted by molar-refractivity contribution is 0.0739. The van der Waals surface area contributed by atoms with Crippen molar-refractivity contribution >= 4 is 38.4 Å². The SMILES string of the molecule is O=C(c1ccc(Br)o1)N1CC=C(c2c[nH]c3cccnc23)CC1. The van der Waals surface area contributed by atoms with Crippen LogP contribution in [0.25, 0.3) is 16.6 Å². The highest BCUT2D eigenvalue weighted by molar-refractivity contribution is 9.10. The summed E-state index contributed by atoms with van der Waals surface area (Å²) in [5.74, 6) is 0.283. The summed E-state index contributed by atoms with van der Waals surface area (Å²) >= 11 is 3.22. The molecule has 0 fully saturated rings. The predicted molar refractivity (Wildman–Crippen MR) is 91.0 cm³/mol. The maximum Gasteiger partial charge on any atom is 0.289 e. The van der Waals surface area contributed by atoms with Crippen molar-refractivity contribution in [3.8, 4) is 0 Å². The molecule has 5 nitrogen and oxygen atoms in total. The van der Waals surface area contributed by atoms with Gasteiger partial charge >= 0.3 is 0 Å². The van der Waals surface area contributed by atoms with E-state index < -0.39 is 0 Å². The summed E-state index contributed by atoms with van der Waals surface area (Å²) in [4.78, 5) is 21.9. The molecule has 1 aliphatic heterocycles. The minimum atomic E-state index is -0.0805. The quantitative estimate of drug-likeness (QED) is 0.743. The van der Waals surface area contributed by atoms with E-state index in [1.54, 1.807) is 23.2 Å². The lowest BCUT2D eigenvalue weighted by atomic mass is 10.0. The summed E-state index contributed by atoms with van der Waals surface area (Å²) < 4.78 is 5.91. The van der Waals surface area contributed by atoms with Crippen LogP contribution in [-0.2, 0) is 0 Å². The molecule has 116 valence electrons. The Bertz CT molecular complexity index is 909. The number of rotatable bonds is 2. The van der Waals surface area contributed by atoms with Crippen LogP contribution in [0.1, 0.15) is 22.5 Å². The third-order valence-corrected chi connectivity index (χ3v) is 4.49. The number of hydrogen-bond donors (Lipinski definition) is 1. The summed E-state index contributed by atoms with van der Waals surface area (Å²) in [6.45, 7) is 1.24. The van der Waals surface area contributed by atoms with E-state index in [2.05, 4.69) is 32.0 Å². The van der Waals surface area contributed by atoms with Crippen LogP contribution in [0.15, 0.2) is 51.8 Å². The van der Waals surface area contributed by atoms with Crippen molar-refractivity contribution in [2.75, 3.05) is 13.1 Å². The molecule has 0 atom stereocenters. The Hall–Kier alpha value is -2.34. The van der Waals surface area contributed by atoms with E-state index in [0.717, 1.165) is 23.0 Å². The smallest absolute Gasteiger partial charge is 0.289 e. The summed E-state index contributed by atoms with van der Waals surface area (Å²) in [7, 11) is 0. The Labute approximate surface area is 141 Å². The molecule has 6 heteroatoms. The number of hydrogen-bond acceptors (Lipinski definition) is 3. The second-order valence-electron chi connectivity index (χ2n) is 5.44. The summed E-state index contributed by atoms with van der Waals surface area (Å²) in [5.41, 5.74) is 4.35. The number of amides is 1. The standard InChI is InChI=1S/C17H14BrN3O2/c18-15-4-3-14(23-15)17(22)21-8-5-11(6-9-21)12-10-20-13-2-1-7-19-16(12)13/h1-5,7,10,20H,6,8-9H2. The highest BCUT2D eigenvalue weighted by atomic mass is 79.9. The number of furan rings is 1. The summed E-state index contributed by atoms with van der Waals surface area (Å²) in [6.07, 6.45) is 6.69. The van der Waals surface area contributed by atoms with Crippen LogP contribution in [0, 0.1) is 0 Å². The van der Waals surface area contributed by atoms with Gasteiger partial charge < -0.3 is 14.3 Å². The zero-order valence-corrected chi connectivity index (χ0v) is 13.8. The fraction of sp³-hybridized carbons (Fsp3) is 0.176. The topological polar surface area (TPSA) is 62.1 Å². The van der Waals surface area contributed by atoms with Gasteiger partial charge in [-0.3, -0.25) is 9.78 Å². The van der Waals surface area contributed by atoms with E-state index in [4.69, 9.17) is 4.42 Å². The van der Waals surface area contributed by atoms with Crippen LogP contribution < -0.4 is 0 Å². The minimum absolute atomic E-state index is 0.0805. The molecule has 1 amide bonds. The third kappa shape index (κ3) is 2.59. The number of halogens is 1. The first-order valence-electron chi connectivity index (χ1n) is 7.38. The monoisotopic (exact) mass is 371 g/mol. The minimum Gasteiger partial charge on any atom is -0.444 e. The maximum absolute atomic E-state index is 12.4. The number of fused-ring (bicyclic) bond motifs is 1. The Morgan fingerprint density at radius 2 is 2.26 bits per heavy atom. The fourth-order valence-corrected chi connectivity index (χ4v) is 3.19. The number of pyridine rings is 1. The Morgan fingerprint density at radius 1 is 1.35 bits per heavy atom. The molecule has 0 saturated carbocycles. The average Bonchev–Trinajstić information content (AvgIpc) is 3.21. The number of aromatic amines is 1. The number of nitrogens with zero attached hydrogens (tertiary/aromatic N) is 2. The first-order chi connectivity index (χ1) is 11.2. The van der Waals surface area contributed by atoms with E-state index in [1.165, 1.54) is 5.57 Å². The van der Waals surface area contributed by atoms with Crippen LogP contribution in [0.5, 0.6) is 0 Å². The largest absolute Gasteiger partial charge is 0.444 e. The number of aromatic nitrogens is 2. The van der Waals surface area contributed by atoms with Gasteiger partial charge in [-0.2, -0.15) is 0 Å². The van der Waals surface area contributed by atoms with E-state index >= 15 is 0 Å². The van der Waals surface area contributed by atoms with Gasteiger partial charge in [-0.1, -0.05) is 6.08 Å². The van der Waals surface area contributed by atoms with Crippen molar-refractivity contribution in [2.24, 2.45) is 0 Å². The van der Waals surface area contributed by atoms with Gasteiger partial charge in [0.15, 0.2) is 10.4 Å². The molecule has 3 aromatic rings. The molecule has 0 radical (unpaired) electrons. The lowest BCUT2D eigenvalue weighted by Crippen LogP contribution is -2.34. The molecule has 0 unspecified atom stereocenters. The molecule has 1 N–H and O–H groups in total. The number of carbonyl (C=O) groups is 1. The number of H-pyrrole nitrogens is 1. The van der Waals surface area contributed by atoms with Gasteiger partial charge in [0.2, 0.25) is 0 Å². The first-order valence-corrected chi connectivity index (χ1v) is 8.18. The Kier molecular flexibility index (Phi) is 3.53. The van der Waals surface area contributed by atoms with Gasteiger partial charge in [-0.15, -0.1) is 0 Å². The molecule has 0 spiro atoms. The van der Waals surface area contributed by atoms with Crippen LogP contribution in [-0.4, -0.2) is 33.9 Å². The Balaban J connectivity index is 1.56. The zero-order valence-electron chi connectivity index (χ0n) is 12.3. The van der Waals surface area contributed by atoms with Crippen molar-refractivity contribution < 1.29 is 9.21 Å². The van der Waals surface area contributed by atoms with E-state index in [0.29, 0.717) is 23.5 Å². The highest BCUT2D eigenvalue weighted by Crippen LogP contribution is 2.28. The van der Waals surface area contributed by atoms with Crippen LogP contribution in [0.2, 0.25) is 0 Å². The van der Waals surface area contributed by atoms with Crippen molar-refractivity contribution in [1.29, 1.82) is 0 Å². The van der Waals surface area contributed by atoms with Gasteiger partial charge in [0.05, 0.1) is 11.0 Å². The number of nitrogens with one attached hydrogen (secondary N) is 1. The molecule has 4 rings (SSSR count). The molecule has 23 heavy (non-hydrogen) atoms. The summed E-state index contributed by atoms with van der Waals surface area (Å²) in [6, 6.07) is 7.35. The summed E-state index contributed by atoms with van der Waals surface area (Å²) in [5, 5.41) is 0. The van der Waals surface area contributed by atoms with Crippen LogP contribution >= 0.6 is 15.9 Å². The molecular formula is C17H14BrN3O2. The molecule has 4 heterocycles. The third-order valence-electron chi connectivity index (χ3n) is 4.06. The lowest BCUT2D eigenvalue weighted by Gasteiger charge is -2.25. The molecule has 0 aromatic carbocycles. The van der Waals surface area contributed by atoms with Gasteiger partial charge in [0, 0.05) is 31.0 Å². The molecule has 0 aliphatic carbocycles. The van der Waals surface area contributed by atoms with Gasteiger partial charge in [-0.25, -0.2) is 0 Å². The normalized spacial score (nSPS) is 15.0. The molecule has 0 bridgehead atoms. The van der Waals surface area contributed by atoms with E-state index in [1.807, 2.05) is 18.3 Å². The van der Waals surface area contributed by atoms with Crippen molar-refractivity contribution in [3.05, 3.63) is 58.7 Å². The average molecular weight is 372 g/mol. The molecule has 0 saturated heterocycles. The second-order valence-corrected chi connectivity index (χ2v) is 6.22. The highest BCUT2D eigenvalue weighted by Gasteiger charge is 2.22. The molecule has 3 aromatic heterocycles. The van der Waals surface area contributed by atoms with Crippen LogP contribution in [0.4, 0.5) is 0 Å². The molecular weight excluding hydrogens is 358 g/mol. The van der Waals surface area contributed by atoms with Gasteiger partial charge in [0.1, 0.15) is 0 Å². The Morgan fingerprint density at radius 3 is 3.00 bits per heavy atom. The maximum atomic E-state index is 12.4. The van der Waals surface area contributed by atoms with E-state index in [-0.39, 0.29) is 5.91 Å². The zero-order chi connectivity index (χ0) is 15.8. The predicted octanol–water partition coefficient (Wildman–Crippen LogP) is 3.85. The fourth-order valence-electron chi connectivity index (χ4n) is 2.88. The van der Waals surface area contributed by atoms with Crippen molar-refractivity contribution in [2.45, 2.75) is 6.42 Å². The van der Waals surface area contributed by atoms with E-state index in [9.17, 15) is 4.79 Å². The number of carbonyl (C=O) groups excluding carboxylic acids is 1. The first kappa shape index (κ1) is 14.3. The van der Waals surface area contributed by atoms with Crippen molar-refractivity contribution in [3.63, 3.8) is 0 Å². The van der Waals surface area contributed by atoms with Gasteiger partial charge in [0.25, 0.3) is 5.91 Å². The second kappa shape index (κ2) is 5.70. The molecule has 1 aliphatic rings. The van der Waals surface area contributed by atoms with Gasteiger partial charge in [-0.05, 0) is 52.2 Å².